The molecule has 1 aliphatic heterocycles. The van der Waals surface area contributed by atoms with E-state index in [0.29, 0.717) is 6.04 Å². The van der Waals surface area contributed by atoms with Gasteiger partial charge >= 0.3 is 0 Å². The molecule has 0 radical (unpaired) electrons. The van der Waals surface area contributed by atoms with E-state index in [2.05, 4.69) is 17.0 Å². The van der Waals surface area contributed by atoms with Gasteiger partial charge in [0.2, 0.25) is 0 Å². The van der Waals surface area contributed by atoms with E-state index in [9.17, 15) is 0 Å². The van der Waals surface area contributed by atoms with Crippen molar-refractivity contribution in [1.82, 2.24) is 0 Å². The van der Waals surface area contributed by atoms with Gasteiger partial charge in [-0.1, -0.05) is 18.2 Å². The number of benzene rings is 1. The van der Waals surface area contributed by atoms with Crippen LogP contribution >= 0.6 is 0 Å². The number of nitrogens with zero attached hydrogens (tertiary/aromatic N) is 1. The van der Waals surface area contributed by atoms with Crippen molar-refractivity contribution >= 4 is 16.9 Å². The van der Waals surface area contributed by atoms with E-state index in [0.717, 1.165) is 36.4 Å². The lowest BCUT2D eigenvalue weighted by Crippen LogP contribution is -2.25. The molecule has 1 aromatic heterocycles. The maximum absolute atomic E-state index is 5.87. The van der Waals surface area contributed by atoms with Gasteiger partial charge in [-0.3, -0.25) is 0 Å². The molecule has 2 heterocycles. The Morgan fingerprint density at radius 1 is 1.33 bits per heavy atom. The van der Waals surface area contributed by atoms with Gasteiger partial charge in [-0.15, -0.1) is 0 Å². The lowest BCUT2D eigenvalue weighted by atomic mass is 10.3. The number of hydrogen-bond donors (Lipinski definition) is 1. The van der Waals surface area contributed by atoms with Crippen molar-refractivity contribution in [1.29, 1.82) is 0 Å². The Morgan fingerprint density at radius 2 is 2.20 bits per heavy atom. The first kappa shape index (κ1) is 8.80. The molecule has 3 rings (SSSR count). The van der Waals surface area contributed by atoms with Crippen molar-refractivity contribution in [2.45, 2.75) is 12.5 Å². The lowest BCUT2D eigenvalue weighted by molar-refractivity contribution is 0.597. The molecule has 1 unspecified atom stereocenters. The first-order valence-electron chi connectivity index (χ1n) is 5.32. The molecule has 0 aliphatic carbocycles. The Kier molecular flexibility index (Phi) is 1.92. The molecule has 2 aromatic rings. The monoisotopic (exact) mass is 202 g/mol. The first-order valence-corrected chi connectivity index (χ1v) is 5.32. The summed E-state index contributed by atoms with van der Waals surface area (Å²) in [6.07, 6.45) is 1.05. The van der Waals surface area contributed by atoms with Crippen LogP contribution in [0.15, 0.2) is 34.7 Å². The number of furan rings is 1. The van der Waals surface area contributed by atoms with Crippen molar-refractivity contribution in [3.8, 4) is 0 Å². The zero-order valence-corrected chi connectivity index (χ0v) is 8.52. The Morgan fingerprint density at radius 3 is 2.93 bits per heavy atom. The van der Waals surface area contributed by atoms with Crippen LogP contribution in [0.1, 0.15) is 6.42 Å². The minimum absolute atomic E-state index is 0.290. The maximum Gasteiger partial charge on any atom is 0.196 e. The summed E-state index contributed by atoms with van der Waals surface area (Å²) < 4.78 is 5.77. The van der Waals surface area contributed by atoms with Crippen LogP contribution in [0.4, 0.5) is 5.88 Å². The minimum Gasteiger partial charge on any atom is -0.441 e. The Hall–Kier alpha value is -1.48. The largest absolute Gasteiger partial charge is 0.441 e. The fraction of sp³-hybridized carbons (Fsp3) is 0.333. The van der Waals surface area contributed by atoms with Crippen LogP contribution in [0.25, 0.3) is 11.0 Å². The third kappa shape index (κ3) is 1.49. The van der Waals surface area contributed by atoms with E-state index in [1.165, 1.54) is 0 Å². The molecule has 78 valence electrons. The van der Waals surface area contributed by atoms with Gasteiger partial charge in [-0.05, 0) is 12.5 Å². The molecule has 0 spiro atoms. The van der Waals surface area contributed by atoms with Crippen LogP contribution in [0, 0.1) is 0 Å². The van der Waals surface area contributed by atoms with Gasteiger partial charge in [0.25, 0.3) is 0 Å². The fourth-order valence-electron chi connectivity index (χ4n) is 2.11. The highest BCUT2D eigenvalue weighted by Crippen LogP contribution is 2.27. The average Bonchev–Trinajstić information content (AvgIpc) is 2.82. The summed E-state index contributed by atoms with van der Waals surface area (Å²) in [4.78, 5) is 2.21. The van der Waals surface area contributed by atoms with E-state index in [4.69, 9.17) is 10.2 Å². The Bertz CT molecular complexity index is 444. The summed E-state index contributed by atoms with van der Waals surface area (Å²) in [5.41, 5.74) is 6.83. The number of anilines is 1. The second-order valence-corrected chi connectivity index (χ2v) is 4.12. The van der Waals surface area contributed by atoms with Crippen LogP contribution in [0.5, 0.6) is 0 Å². The number of nitrogens with two attached hydrogens (primary N) is 1. The van der Waals surface area contributed by atoms with E-state index >= 15 is 0 Å². The van der Waals surface area contributed by atoms with E-state index in [-0.39, 0.29) is 0 Å². The standard InChI is InChI=1S/C12H14N2O/c13-10-5-6-14(8-10)12-7-9-3-1-2-4-11(9)15-12/h1-4,7,10H,5-6,8,13H2. The van der Waals surface area contributed by atoms with E-state index in [1.54, 1.807) is 0 Å². The quantitative estimate of drug-likeness (QED) is 0.768. The Balaban J connectivity index is 1.98. The molecular formula is C12H14N2O. The van der Waals surface area contributed by atoms with Crippen molar-refractivity contribution in [2.75, 3.05) is 18.0 Å². The number of fused-ring (bicyclic) bond motifs is 1. The molecule has 1 aliphatic rings. The SMILES string of the molecule is NC1CCN(c2cc3ccccc3o2)C1. The molecule has 1 aromatic carbocycles. The van der Waals surface area contributed by atoms with Crippen LogP contribution < -0.4 is 10.6 Å². The van der Waals surface area contributed by atoms with Crippen molar-refractivity contribution in [3.63, 3.8) is 0 Å². The van der Waals surface area contributed by atoms with Gasteiger partial charge in [0.15, 0.2) is 5.88 Å². The predicted molar refractivity (Wildman–Crippen MR) is 61.0 cm³/mol. The summed E-state index contributed by atoms with van der Waals surface area (Å²) in [5, 5.41) is 1.16. The molecule has 15 heavy (non-hydrogen) atoms. The summed E-state index contributed by atoms with van der Waals surface area (Å²) >= 11 is 0. The predicted octanol–water partition coefficient (Wildman–Crippen LogP) is 1.97. The molecule has 1 saturated heterocycles. The van der Waals surface area contributed by atoms with E-state index < -0.39 is 0 Å². The van der Waals surface area contributed by atoms with Gasteiger partial charge in [0, 0.05) is 30.6 Å². The summed E-state index contributed by atoms with van der Waals surface area (Å²) in [6, 6.07) is 10.5. The molecule has 0 amide bonds. The highest BCUT2D eigenvalue weighted by molar-refractivity contribution is 5.80. The molecule has 1 atom stereocenters. The second-order valence-electron chi connectivity index (χ2n) is 4.12. The third-order valence-corrected chi connectivity index (χ3v) is 2.95. The summed E-state index contributed by atoms with van der Waals surface area (Å²) in [5.74, 6) is 0.948. The van der Waals surface area contributed by atoms with Crippen molar-refractivity contribution in [3.05, 3.63) is 30.3 Å². The molecule has 0 saturated carbocycles. The van der Waals surface area contributed by atoms with Crippen LogP contribution in [-0.4, -0.2) is 19.1 Å². The highest BCUT2D eigenvalue weighted by Gasteiger charge is 2.21. The third-order valence-electron chi connectivity index (χ3n) is 2.95. The van der Waals surface area contributed by atoms with Crippen LogP contribution in [-0.2, 0) is 0 Å². The van der Waals surface area contributed by atoms with Gasteiger partial charge in [0.05, 0.1) is 0 Å². The second kappa shape index (κ2) is 3.28. The molecule has 1 fully saturated rings. The minimum atomic E-state index is 0.290. The topological polar surface area (TPSA) is 42.4 Å². The molecule has 0 bridgehead atoms. The van der Waals surface area contributed by atoms with Gasteiger partial charge in [0.1, 0.15) is 5.58 Å². The summed E-state index contributed by atoms with van der Waals surface area (Å²) in [6.45, 7) is 1.90. The first-order chi connectivity index (χ1) is 7.33. The average molecular weight is 202 g/mol. The van der Waals surface area contributed by atoms with Gasteiger partial charge in [-0.25, -0.2) is 0 Å². The van der Waals surface area contributed by atoms with Crippen LogP contribution in [0.2, 0.25) is 0 Å². The number of hydrogen-bond acceptors (Lipinski definition) is 3. The molecule has 3 heteroatoms. The van der Waals surface area contributed by atoms with Crippen molar-refractivity contribution < 1.29 is 4.42 Å². The zero-order valence-electron chi connectivity index (χ0n) is 8.52. The normalized spacial score (nSPS) is 21.4. The smallest absolute Gasteiger partial charge is 0.196 e. The highest BCUT2D eigenvalue weighted by atomic mass is 16.4. The van der Waals surface area contributed by atoms with Crippen LogP contribution in [0.3, 0.4) is 0 Å². The van der Waals surface area contributed by atoms with Crippen molar-refractivity contribution in [2.24, 2.45) is 5.73 Å². The van der Waals surface area contributed by atoms with Gasteiger partial charge < -0.3 is 15.1 Å². The lowest BCUT2D eigenvalue weighted by Gasteiger charge is -2.13. The number of para-hydroxylation sites is 1. The zero-order chi connectivity index (χ0) is 10.3. The fourth-order valence-corrected chi connectivity index (χ4v) is 2.11. The molecule has 2 N–H and O–H groups in total. The number of rotatable bonds is 1. The van der Waals surface area contributed by atoms with E-state index in [1.807, 2.05) is 18.2 Å². The Labute approximate surface area is 88.5 Å². The molecule has 3 nitrogen and oxygen atoms in total. The molecular weight excluding hydrogens is 188 g/mol. The maximum atomic E-state index is 5.87. The summed E-state index contributed by atoms with van der Waals surface area (Å²) in [7, 11) is 0. The van der Waals surface area contributed by atoms with Gasteiger partial charge in [-0.2, -0.15) is 0 Å².